The zero-order valence-corrected chi connectivity index (χ0v) is 15.6. The number of carbonyl (C=O) groups excluding carboxylic acids is 1. The molecule has 26 heavy (non-hydrogen) atoms. The molecular formula is C18H20N2O5S. The van der Waals surface area contributed by atoms with E-state index in [1.807, 2.05) is 0 Å². The van der Waals surface area contributed by atoms with Gasteiger partial charge < -0.3 is 14.4 Å². The molecule has 1 heterocycles. The van der Waals surface area contributed by atoms with E-state index in [9.17, 15) is 13.2 Å². The maximum absolute atomic E-state index is 12.7. The highest BCUT2D eigenvalue weighted by molar-refractivity contribution is 7.92. The van der Waals surface area contributed by atoms with E-state index in [0.717, 1.165) is 5.56 Å². The Labute approximate surface area is 152 Å². The molecule has 0 aliphatic carbocycles. The molecule has 8 heteroatoms. The maximum Gasteiger partial charge on any atom is 0.261 e. The molecule has 0 fully saturated rings. The second kappa shape index (κ2) is 6.87. The molecule has 0 radical (unpaired) electrons. The molecule has 1 amide bonds. The molecule has 2 aromatic carbocycles. The fourth-order valence-corrected chi connectivity index (χ4v) is 3.97. The molecule has 3 rings (SSSR count). The molecule has 1 N–H and O–H groups in total. The van der Waals surface area contributed by atoms with E-state index in [0.29, 0.717) is 36.0 Å². The third-order valence-electron chi connectivity index (χ3n) is 4.13. The predicted molar refractivity (Wildman–Crippen MR) is 98.5 cm³/mol. The van der Waals surface area contributed by atoms with Gasteiger partial charge in [-0.1, -0.05) is 0 Å². The number of amides is 1. The Kier molecular flexibility index (Phi) is 4.78. The summed E-state index contributed by atoms with van der Waals surface area (Å²) in [6, 6.07) is 9.51. The lowest BCUT2D eigenvalue weighted by atomic mass is 10.2. The first kappa shape index (κ1) is 18.1. The van der Waals surface area contributed by atoms with Gasteiger partial charge in [0, 0.05) is 6.92 Å². The van der Waals surface area contributed by atoms with Gasteiger partial charge in [-0.15, -0.1) is 0 Å². The second-order valence-corrected chi connectivity index (χ2v) is 7.62. The summed E-state index contributed by atoms with van der Waals surface area (Å²) >= 11 is 0. The summed E-state index contributed by atoms with van der Waals surface area (Å²) in [4.78, 5) is 13.5. The average molecular weight is 376 g/mol. The number of anilines is 2. The lowest BCUT2D eigenvalue weighted by Gasteiger charge is -2.29. The summed E-state index contributed by atoms with van der Waals surface area (Å²) in [7, 11) is -2.24. The van der Waals surface area contributed by atoms with Crippen LogP contribution in [-0.2, 0) is 14.8 Å². The van der Waals surface area contributed by atoms with Crippen molar-refractivity contribution in [3.8, 4) is 11.5 Å². The van der Waals surface area contributed by atoms with Crippen molar-refractivity contribution in [3.63, 3.8) is 0 Å². The normalized spacial score (nSPS) is 13.6. The van der Waals surface area contributed by atoms with Crippen molar-refractivity contribution in [3.05, 3.63) is 42.0 Å². The van der Waals surface area contributed by atoms with Gasteiger partial charge in [0.25, 0.3) is 10.0 Å². The summed E-state index contributed by atoms with van der Waals surface area (Å²) in [5.41, 5.74) is 1.63. The summed E-state index contributed by atoms with van der Waals surface area (Å²) in [5.74, 6) is 1.04. The fraction of sp³-hybridized carbons (Fsp3) is 0.278. The minimum Gasteiger partial charge on any atom is -0.496 e. The van der Waals surface area contributed by atoms with Crippen LogP contribution >= 0.6 is 0 Å². The third-order valence-corrected chi connectivity index (χ3v) is 5.51. The molecule has 1 aliphatic heterocycles. The van der Waals surface area contributed by atoms with Crippen LogP contribution in [0.15, 0.2) is 41.3 Å². The molecule has 7 nitrogen and oxygen atoms in total. The number of rotatable bonds is 4. The van der Waals surface area contributed by atoms with E-state index in [4.69, 9.17) is 9.47 Å². The average Bonchev–Trinajstić information content (AvgIpc) is 2.60. The topological polar surface area (TPSA) is 84.9 Å². The van der Waals surface area contributed by atoms with Gasteiger partial charge in [0.05, 0.1) is 29.9 Å². The molecule has 0 spiro atoms. The molecule has 2 aromatic rings. The first-order chi connectivity index (χ1) is 12.3. The Morgan fingerprint density at radius 2 is 2.00 bits per heavy atom. The molecule has 0 atom stereocenters. The van der Waals surface area contributed by atoms with Crippen LogP contribution in [0.4, 0.5) is 11.4 Å². The summed E-state index contributed by atoms with van der Waals surface area (Å²) < 4.78 is 38.6. The van der Waals surface area contributed by atoms with E-state index in [2.05, 4.69) is 4.72 Å². The molecular weight excluding hydrogens is 356 g/mol. The quantitative estimate of drug-likeness (QED) is 0.886. The number of nitrogens with one attached hydrogen (secondary N) is 1. The van der Waals surface area contributed by atoms with E-state index in [-0.39, 0.29) is 10.8 Å². The van der Waals surface area contributed by atoms with E-state index in [1.165, 1.54) is 20.1 Å². The standard InChI is InChI=1S/C18H20N2O5S/c1-12-10-15(5-7-17(12)24-3)26(22,23)19-14-4-6-18-16(11-14)20(13(2)21)8-9-25-18/h4-7,10-11,19H,8-9H2,1-3H3. The summed E-state index contributed by atoms with van der Waals surface area (Å²) in [6.45, 7) is 4.07. The van der Waals surface area contributed by atoms with E-state index < -0.39 is 10.0 Å². The molecule has 0 saturated heterocycles. The van der Waals surface area contributed by atoms with Gasteiger partial charge in [-0.05, 0) is 48.9 Å². The van der Waals surface area contributed by atoms with Crippen molar-refractivity contribution >= 4 is 27.3 Å². The van der Waals surface area contributed by atoms with E-state index in [1.54, 1.807) is 42.2 Å². The number of nitrogens with zero attached hydrogens (tertiary/aromatic N) is 1. The zero-order chi connectivity index (χ0) is 18.9. The minimum absolute atomic E-state index is 0.125. The third kappa shape index (κ3) is 3.45. The number of carbonyl (C=O) groups is 1. The Morgan fingerprint density at radius 1 is 1.23 bits per heavy atom. The summed E-state index contributed by atoms with van der Waals surface area (Å²) in [6.07, 6.45) is 0. The first-order valence-electron chi connectivity index (χ1n) is 8.04. The Bertz CT molecular complexity index is 956. The van der Waals surface area contributed by atoms with Gasteiger partial charge in [0.15, 0.2) is 0 Å². The summed E-state index contributed by atoms with van der Waals surface area (Å²) in [5, 5.41) is 0. The lowest BCUT2D eigenvalue weighted by molar-refractivity contribution is -0.116. The minimum atomic E-state index is -3.77. The number of hydrogen-bond donors (Lipinski definition) is 1. The van der Waals surface area contributed by atoms with Gasteiger partial charge in [-0.2, -0.15) is 0 Å². The smallest absolute Gasteiger partial charge is 0.261 e. The molecule has 138 valence electrons. The number of aryl methyl sites for hydroxylation is 1. The van der Waals surface area contributed by atoms with Crippen molar-refractivity contribution in [1.29, 1.82) is 0 Å². The van der Waals surface area contributed by atoms with Gasteiger partial charge in [0.2, 0.25) is 5.91 Å². The fourth-order valence-electron chi connectivity index (χ4n) is 2.84. The van der Waals surface area contributed by atoms with Crippen LogP contribution in [0.2, 0.25) is 0 Å². The number of benzene rings is 2. The van der Waals surface area contributed by atoms with Crippen molar-refractivity contribution in [2.45, 2.75) is 18.7 Å². The highest BCUT2D eigenvalue weighted by atomic mass is 32.2. The Morgan fingerprint density at radius 3 is 2.65 bits per heavy atom. The molecule has 0 saturated carbocycles. The molecule has 0 bridgehead atoms. The van der Waals surface area contributed by atoms with Gasteiger partial charge in [-0.3, -0.25) is 9.52 Å². The number of methoxy groups -OCH3 is 1. The van der Waals surface area contributed by atoms with Crippen LogP contribution < -0.4 is 19.1 Å². The molecule has 1 aliphatic rings. The van der Waals surface area contributed by atoms with Crippen LogP contribution in [0.25, 0.3) is 0 Å². The van der Waals surface area contributed by atoms with Crippen LogP contribution in [0.5, 0.6) is 11.5 Å². The lowest BCUT2D eigenvalue weighted by Crippen LogP contribution is -2.36. The number of ether oxygens (including phenoxy) is 2. The van der Waals surface area contributed by atoms with Gasteiger partial charge >= 0.3 is 0 Å². The number of sulfonamides is 1. The highest BCUT2D eigenvalue weighted by Crippen LogP contribution is 2.35. The number of hydrogen-bond acceptors (Lipinski definition) is 5. The zero-order valence-electron chi connectivity index (χ0n) is 14.8. The SMILES string of the molecule is COc1ccc(S(=O)(=O)Nc2ccc3c(c2)N(C(C)=O)CCO3)cc1C. The van der Waals surface area contributed by atoms with Crippen LogP contribution in [0.3, 0.4) is 0 Å². The second-order valence-electron chi connectivity index (χ2n) is 5.94. The van der Waals surface area contributed by atoms with Crippen molar-refractivity contribution in [1.82, 2.24) is 0 Å². The molecule has 0 aromatic heterocycles. The highest BCUT2D eigenvalue weighted by Gasteiger charge is 2.23. The monoisotopic (exact) mass is 376 g/mol. The largest absolute Gasteiger partial charge is 0.496 e. The van der Waals surface area contributed by atoms with Crippen LogP contribution in [-0.4, -0.2) is 34.6 Å². The first-order valence-corrected chi connectivity index (χ1v) is 9.52. The number of fused-ring (bicyclic) bond motifs is 1. The van der Waals surface area contributed by atoms with Gasteiger partial charge in [-0.25, -0.2) is 8.42 Å². The van der Waals surface area contributed by atoms with Crippen molar-refractivity contribution in [2.24, 2.45) is 0 Å². The van der Waals surface area contributed by atoms with Crippen LogP contribution in [0.1, 0.15) is 12.5 Å². The Balaban J connectivity index is 1.92. The predicted octanol–water partition coefficient (Wildman–Crippen LogP) is 2.55. The van der Waals surface area contributed by atoms with Crippen molar-refractivity contribution < 1.29 is 22.7 Å². The maximum atomic E-state index is 12.7. The Hall–Kier alpha value is -2.74. The van der Waals surface area contributed by atoms with Crippen LogP contribution in [0, 0.1) is 6.92 Å². The molecule has 0 unspecified atom stereocenters. The van der Waals surface area contributed by atoms with E-state index >= 15 is 0 Å². The van der Waals surface area contributed by atoms with Gasteiger partial charge in [0.1, 0.15) is 18.1 Å². The van der Waals surface area contributed by atoms with Crippen molar-refractivity contribution in [2.75, 3.05) is 29.9 Å².